The minimum Gasteiger partial charge on any atom is -0.482 e. The van der Waals surface area contributed by atoms with Gasteiger partial charge in [-0.3, -0.25) is 9.78 Å². The van der Waals surface area contributed by atoms with Crippen LogP contribution in [0.2, 0.25) is 5.02 Å². The molecule has 0 unspecified atom stereocenters. The summed E-state index contributed by atoms with van der Waals surface area (Å²) in [5, 5.41) is 3.37. The van der Waals surface area contributed by atoms with Gasteiger partial charge >= 0.3 is 0 Å². The van der Waals surface area contributed by atoms with Crippen molar-refractivity contribution in [2.45, 2.75) is 6.92 Å². The van der Waals surface area contributed by atoms with Gasteiger partial charge in [0.1, 0.15) is 5.75 Å². The number of carbonyl (C=O) groups excluding carboxylic acids is 1. The highest BCUT2D eigenvalue weighted by molar-refractivity contribution is 6.31. The van der Waals surface area contributed by atoms with Crippen LogP contribution in [0.25, 0.3) is 0 Å². The number of ether oxygens (including phenoxy) is 1. The van der Waals surface area contributed by atoms with Gasteiger partial charge < -0.3 is 10.1 Å². The van der Waals surface area contributed by atoms with Crippen molar-refractivity contribution in [2.75, 3.05) is 11.9 Å². The van der Waals surface area contributed by atoms with Gasteiger partial charge in [0.15, 0.2) is 6.61 Å². The zero-order chi connectivity index (χ0) is 13.7. The van der Waals surface area contributed by atoms with Crippen LogP contribution in [0.5, 0.6) is 5.75 Å². The Morgan fingerprint density at radius 1 is 1.37 bits per heavy atom. The molecule has 0 fully saturated rings. The van der Waals surface area contributed by atoms with Crippen LogP contribution < -0.4 is 10.1 Å². The van der Waals surface area contributed by atoms with Gasteiger partial charge in [-0.1, -0.05) is 17.7 Å². The summed E-state index contributed by atoms with van der Waals surface area (Å²) in [5.41, 5.74) is 1.52. The summed E-state index contributed by atoms with van der Waals surface area (Å²) in [5.74, 6) is 0.315. The number of anilines is 1. The molecule has 0 atom stereocenters. The van der Waals surface area contributed by atoms with E-state index in [4.69, 9.17) is 16.3 Å². The minimum absolute atomic E-state index is 0.0718. The standard InChI is InChI=1S/C14H13ClN2O2/c1-10-12(15)5-2-6-13(10)17-14(18)9-19-11-4-3-7-16-8-11/h2-8H,9H2,1H3,(H,17,18). The minimum atomic E-state index is -0.241. The van der Waals surface area contributed by atoms with Gasteiger partial charge in [0.2, 0.25) is 0 Å². The first-order valence-electron chi connectivity index (χ1n) is 5.74. The smallest absolute Gasteiger partial charge is 0.262 e. The summed E-state index contributed by atoms with van der Waals surface area (Å²) in [4.78, 5) is 15.6. The molecule has 2 aromatic rings. The maximum Gasteiger partial charge on any atom is 0.262 e. The molecular weight excluding hydrogens is 264 g/mol. The van der Waals surface area contributed by atoms with E-state index in [1.165, 1.54) is 0 Å². The number of carbonyl (C=O) groups is 1. The van der Waals surface area contributed by atoms with Crippen molar-refractivity contribution < 1.29 is 9.53 Å². The molecule has 0 saturated carbocycles. The first kappa shape index (κ1) is 13.4. The van der Waals surface area contributed by atoms with Crippen LogP contribution in [0.1, 0.15) is 5.56 Å². The third kappa shape index (κ3) is 3.69. The summed E-state index contributed by atoms with van der Waals surface area (Å²) < 4.78 is 5.30. The summed E-state index contributed by atoms with van der Waals surface area (Å²) in [6, 6.07) is 8.84. The molecular formula is C14H13ClN2O2. The van der Waals surface area contributed by atoms with Crippen LogP contribution in [0, 0.1) is 6.92 Å². The number of pyridine rings is 1. The fourth-order valence-corrected chi connectivity index (χ4v) is 1.69. The molecule has 0 aliphatic heterocycles. The zero-order valence-corrected chi connectivity index (χ0v) is 11.1. The molecule has 19 heavy (non-hydrogen) atoms. The molecule has 5 heteroatoms. The first-order chi connectivity index (χ1) is 9.16. The lowest BCUT2D eigenvalue weighted by Crippen LogP contribution is -2.20. The molecule has 0 bridgehead atoms. The van der Waals surface area contributed by atoms with E-state index in [0.29, 0.717) is 16.5 Å². The maximum atomic E-state index is 11.7. The van der Waals surface area contributed by atoms with E-state index in [0.717, 1.165) is 5.56 Å². The van der Waals surface area contributed by atoms with Crippen LogP contribution in [-0.2, 0) is 4.79 Å². The predicted octanol–water partition coefficient (Wildman–Crippen LogP) is 3.06. The molecule has 1 amide bonds. The largest absolute Gasteiger partial charge is 0.482 e. The van der Waals surface area contributed by atoms with Crippen molar-refractivity contribution in [2.24, 2.45) is 0 Å². The first-order valence-corrected chi connectivity index (χ1v) is 6.12. The van der Waals surface area contributed by atoms with Crippen LogP contribution >= 0.6 is 11.6 Å². The third-order valence-corrected chi connectivity index (χ3v) is 2.96. The second-order valence-corrected chi connectivity index (χ2v) is 4.35. The lowest BCUT2D eigenvalue weighted by molar-refractivity contribution is -0.118. The number of rotatable bonds is 4. The monoisotopic (exact) mass is 276 g/mol. The van der Waals surface area contributed by atoms with Crippen LogP contribution in [-0.4, -0.2) is 17.5 Å². The Labute approximate surface area is 116 Å². The third-order valence-electron chi connectivity index (χ3n) is 2.55. The number of halogens is 1. The Balaban J connectivity index is 1.93. The molecule has 1 heterocycles. The van der Waals surface area contributed by atoms with Gasteiger partial charge in [-0.2, -0.15) is 0 Å². The second kappa shape index (κ2) is 6.20. The van der Waals surface area contributed by atoms with E-state index in [1.54, 1.807) is 42.7 Å². The molecule has 2 rings (SSSR count). The zero-order valence-electron chi connectivity index (χ0n) is 10.4. The molecule has 1 aromatic carbocycles. The molecule has 98 valence electrons. The predicted molar refractivity (Wildman–Crippen MR) is 74.6 cm³/mol. The Hall–Kier alpha value is -2.07. The molecule has 0 saturated heterocycles. The summed E-state index contributed by atoms with van der Waals surface area (Å²) in [7, 11) is 0. The van der Waals surface area contributed by atoms with Gasteiger partial charge in [0, 0.05) is 16.9 Å². The van der Waals surface area contributed by atoms with Gasteiger partial charge in [-0.25, -0.2) is 0 Å². The number of amides is 1. The fourth-order valence-electron chi connectivity index (χ4n) is 1.51. The molecule has 1 N–H and O–H groups in total. The quantitative estimate of drug-likeness (QED) is 0.934. The number of nitrogens with zero attached hydrogens (tertiary/aromatic N) is 1. The van der Waals surface area contributed by atoms with E-state index in [1.807, 2.05) is 6.92 Å². The van der Waals surface area contributed by atoms with Crippen LogP contribution in [0.3, 0.4) is 0 Å². The Kier molecular flexibility index (Phi) is 4.36. The lowest BCUT2D eigenvalue weighted by Gasteiger charge is -2.10. The molecule has 1 aromatic heterocycles. The van der Waals surface area contributed by atoms with Gasteiger partial charge in [0.05, 0.1) is 6.20 Å². The van der Waals surface area contributed by atoms with Crippen molar-refractivity contribution in [3.63, 3.8) is 0 Å². The summed E-state index contributed by atoms with van der Waals surface area (Å²) >= 11 is 5.98. The average molecular weight is 277 g/mol. The maximum absolute atomic E-state index is 11.7. The fraction of sp³-hybridized carbons (Fsp3) is 0.143. The summed E-state index contributed by atoms with van der Waals surface area (Å²) in [6.45, 7) is 1.78. The topological polar surface area (TPSA) is 51.2 Å². The lowest BCUT2D eigenvalue weighted by atomic mass is 10.2. The Morgan fingerprint density at radius 2 is 2.21 bits per heavy atom. The number of aromatic nitrogens is 1. The molecule has 0 spiro atoms. The highest BCUT2D eigenvalue weighted by atomic mass is 35.5. The number of hydrogen-bond acceptors (Lipinski definition) is 3. The van der Waals surface area contributed by atoms with E-state index < -0.39 is 0 Å². The van der Waals surface area contributed by atoms with Crippen LogP contribution in [0.4, 0.5) is 5.69 Å². The van der Waals surface area contributed by atoms with Crippen molar-refractivity contribution in [3.8, 4) is 5.75 Å². The SMILES string of the molecule is Cc1c(Cl)cccc1NC(=O)COc1cccnc1. The Bertz CT molecular complexity index is 573. The van der Waals surface area contributed by atoms with Crippen molar-refractivity contribution in [1.82, 2.24) is 4.98 Å². The van der Waals surface area contributed by atoms with Gasteiger partial charge in [-0.15, -0.1) is 0 Å². The average Bonchev–Trinajstić information content (AvgIpc) is 2.43. The van der Waals surface area contributed by atoms with E-state index >= 15 is 0 Å². The van der Waals surface area contributed by atoms with E-state index in [-0.39, 0.29) is 12.5 Å². The molecule has 0 aliphatic carbocycles. The van der Waals surface area contributed by atoms with E-state index in [9.17, 15) is 4.79 Å². The Morgan fingerprint density at radius 3 is 2.95 bits per heavy atom. The van der Waals surface area contributed by atoms with Gasteiger partial charge in [-0.05, 0) is 36.8 Å². The van der Waals surface area contributed by atoms with Gasteiger partial charge in [0.25, 0.3) is 5.91 Å². The normalized spacial score (nSPS) is 10.0. The van der Waals surface area contributed by atoms with Crippen molar-refractivity contribution in [3.05, 3.63) is 53.3 Å². The van der Waals surface area contributed by atoms with Crippen LogP contribution in [0.15, 0.2) is 42.7 Å². The molecule has 0 aliphatic rings. The molecule has 4 nitrogen and oxygen atoms in total. The number of nitrogens with one attached hydrogen (secondary N) is 1. The van der Waals surface area contributed by atoms with E-state index in [2.05, 4.69) is 10.3 Å². The number of hydrogen-bond donors (Lipinski definition) is 1. The highest BCUT2D eigenvalue weighted by Crippen LogP contribution is 2.22. The second-order valence-electron chi connectivity index (χ2n) is 3.94. The highest BCUT2D eigenvalue weighted by Gasteiger charge is 2.07. The molecule has 0 radical (unpaired) electrons. The summed E-state index contributed by atoms with van der Waals surface area (Å²) in [6.07, 6.45) is 3.19. The van der Waals surface area contributed by atoms with Crippen molar-refractivity contribution in [1.29, 1.82) is 0 Å². The number of benzene rings is 1. The van der Waals surface area contributed by atoms with Crippen molar-refractivity contribution >= 4 is 23.2 Å².